The van der Waals surface area contributed by atoms with Gasteiger partial charge in [-0.3, -0.25) is 5.32 Å². The first-order valence-electron chi connectivity index (χ1n) is 9.50. The molecule has 3 N–H and O–H groups in total. The zero-order valence-corrected chi connectivity index (χ0v) is 16.4. The molecule has 1 aliphatic carbocycles. The molecule has 1 saturated carbocycles. The lowest BCUT2D eigenvalue weighted by atomic mass is 10.1. The first-order chi connectivity index (χ1) is 13.3. The zero-order chi connectivity index (χ0) is 19.9. The maximum Gasteiger partial charge on any atom is 0.412 e. The van der Waals surface area contributed by atoms with Crippen LogP contribution in [0.5, 0.6) is 0 Å². The normalized spacial score (nSPS) is 14.2. The number of ether oxygens (including phenoxy) is 1. The molecule has 0 bridgehead atoms. The van der Waals surface area contributed by atoms with Crippen molar-refractivity contribution >= 4 is 28.6 Å². The summed E-state index contributed by atoms with van der Waals surface area (Å²) in [6.45, 7) is 6.45. The van der Waals surface area contributed by atoms with Crippen LogP contribution in [0.25, 0.3) is 22.2 Å². The molecule has 0 radical (unpaired) electrons. The molecule has 7 heteroatoms. The number of nitrogens with one attached hydrogen (secondary N) is 1. The van der Waals surface area contributed by atoms with E-state index in [1.54, 1.807) is 0 Å². The van der Waals surface area contributed by atoms with E-state index in [9.17, 15) is 4.79 Å². The topological polar surface area (TPSA) is 95.1 Å². The van der Waals surface area contributed by atoms with Crippen LogP contribution < -0.4 is 11.1 Å². The number of benzene rings is 1. The van der Waals surface area contributed by atoms with Gasteiger partial charge in [-0.05, 0) is 57.2 Å². The van der Waals surface area contributed by atoms with Crippen LogP contribution in [0.2, 0.25) is 0 Å². The predicted molar refractivity (Wildman–Crippen MR) is 110 cm³/mol. The van der Waals surface area contributed by atoms with E-state index >= 15 is 0 Å². The summed E-state index contributed by atoms with van der Waals surface area (Å²) >= 11 is 0. The molecule has 4 rings (SSSR count). The third-order valence-electron chi connectivity index (χ3n) is 4.68. The lowest BCUT2D eigenvalue weighted by Gasteiger charge is -2.19. The number of rotatable bonds is 4. The van der Waals surface area contributed by atoms with Gasteiger partial charge in [0.25, 0.3) is 0 Å². The maximum absolute atomic E-state index is 11.9. The summed E-state index contributed by atoms with van der Waals surface area (Å²) < 4.78 is 7.46. The summed E-state index contributed by atoms with van der Waals surface area (Å²) in [7, 11) is 0. The van der Waals surface area contributed by atoms with Gasteiger partial charge in [0.2, 0.25) is 0 Å². The number of nitrogen functional groups attached to an aromatic ring is 1. The Bertz CT molecular complexity index is 1010. The Kier molecular flexibility index (Phi) is 4.45. The fourth-order valence-corrected chi connectivity index (χ4v) is 3.24. The molecule has 1 amide bonds. The predicted octanol–water partition coefficient (Wildman–Crippen LogP) is 4.44. The van der Waals surface area contributed by atoms with Crippen LogP contribution in [0.4, 0.5) is 16.3 Å². The van der Waals surface area contributed by atoms with Gasteiger partial charge in [-0.1, -0.05) is 12.1 Å². The van der Waals surface area contributed by atoms with Crippen molar-refractivity contribution in [3.05, 3.63) is 36.8 Å². The second-order valence-electron chi connectivity index (χ2n) is 8.30. The molecule has 2 aromatic heterocycles. The highest BCUT2D eigenvalue weighted by Gasteiger charge is 2.24. The Labute approximate surface area is 163 Å². The van der Waals surface area contributed by atoms with Crippen LogP contribution in [-0.4, -0.2) is 26.2 Å². The molecule has 28 heavy (non-hydrogen) atoms. The van der Waals surface area contributed by atoms with E-state index in [1.165, 1.54) is 19.2 Å². The summed E-state index contributed by atoms with van der Waals surface area (Å²) in [6.07, 6.45) is 5.67. The molecule has 3 aromatic rings. The van der Waals surface area contributed by atoms with Crippen molar-refractivity contribution in [1.82, 2.24) is 14.5 Å². The first kappa shape index (κ1) is 18.3. The minimum absolute atomic E-state index is 0.473. The molecule has 146 valence electrons. The van der Waals surface area contributed by atoms with Gasteiger partial charge in [0.05, 0.1) is 5.39 Å². The van der Waals surface area contributed by atoms with Crippen molar-refractivity contribution < 1.29 is 9.53 Å². The molecule has 1 aromatic carbocycles. The Morgan fingerprint density at radius 3 is 2.61 bits per heavy atom. The highest BCUT2D eigenvalue weighted by Crippen LogP contribution is 2.36. The number of aromatic nitrogens is 3. The Hall–Kier alpha value is -3.09. The minimum atomic E-state index is -0.537. The molecule has 0 spiro atoms. The second kappa shape index (κ2) is 6.82. The third kappa shape index (κ3) is 3.93. The van der Waals surface area contributed by atoms with E-state index < -0.39 is 11.7 Å². The number of fused-ring (bicyclic) bond motifs is 1. The van der Waals surface area contributed by atoms with Crippen LogP contribution in [0, 0.1) is 5.92 Å². The average Bonchev–Trinajstić information content (AvgIpc) is 3.34. The molecule has 0 unspecified atom stereocenters. The van der Waals surface area contributed by atoms with Crippen molar-refractivity contribution in [2.24, 2.45) is 5.92 Å². The lowest BCUT2D eigenvalue weighted by Crippen LogP contribution is -2.27. The fourth-order valence-electron chi connectivity index (χ4n) is 3.24. The van der Waals surface area contributed by atoms with Crippen molar-refractivity contribution in [3.8, 4) is 11.1 Å². The molecule has 0 aliphatic heterocycles. The molecule has 0 atom stereocenters. The first-order valence-corrected chi connectivity index (χ1v) is 9.50. The maximum atomic E-state index is 11.9. The van der Waals surface area contributed by atoms with Crippen LogP contribution in [0.3, 0.4) is 0 Å². The van der Waals surface area contributed by atoms with Crippen LogP contribution in [0.15, 0.2) is 36.8 Å². The highest BCUT2D eigenvalue weighted by atomic mass is 16.6. The number of carbonyl (C=O) groups is 1. The molecule has 0 saturated heterocycles. The average molecular weight is 379 g/mol. The van der Waals surface area contributed by atoms with E-state index in [0.717, 1.165) is 34.6 Å². The largest absolute Gasteiger partial charge is 0.444 e. The van der Waals surface area contributed by atoms with E-state index in [0.29, 0.717) is 11.5 Å². The monoisotopic (exact) mass is 379 g/mol. The molecule has 1 fully saturated rings. The van der Waals surface area contributed by atoms with Crippen molar-refractivity contribution in [2.45, 2.75) is 45.8 Å². The van der Waals surface area contributed by atoms with Gasteiger partial charge in [0, 0.05) is 24.0 Å². The number of hydrogen-bond donors (Lipinski definition) is 2. The Morgan fingerprint density at radius 2 is 1.96 bits per heavy atom. The molecule has 2 heterocycles. The number of amides is 1. The van der Waals surface area contributed by atoms with Gasteiger partial charge < -0.3 is 15.0 Å². The number of hydrogen-bond acceptors (Lipinski definition) is 5. The van der Waals surface area contributed by atoms with Gasteiger partial charge in [-0.25, -0.2) is 14.8 Å². The highest BCUT2D eigenvalue weighted by molar-refractivity contribution is 6.00. The Balaban J connectivity index is 1.62. The standard InChI is InChI=1S/C21H25N5O2/c1-21(2,3)28-20(27)25-15-8-6-14(7-9-15)16-11-26(10-13-4-5-13)19-17(16)18(22)23-12-24-19/h6-9,11-13H,4-5,10H2,1-3H3,(H,25,27)(H2,22,23,24). The lowest BCUT2D eigenvalue weighted by molar-refractivity contribution is 0.0636. The van der Waals surface area contributed by atoms with Crippen LogP contribution in [0.1, 0.15) is 33.6 Å². The van der Waals surface area contributed by atoms with Gasteiger partial charge >= 0.3 is 6.09 Å². The van der Waals surface area contributed by atoms with E-state index in [2.05, 4.69) is 26.0 Å². The molecular weight excluding hydrogens is 354 g/mol. The van der Waals surface area contributed by atoms with Crippen molar-refractivity contribution in [2.75, 3.05) is 11.1 Å². The molecule has 1 aliphatic rings. The summed E-state index contributed by atoms with van der Waals surface area (Å²) in [6, 6.07) is 7.61. The molecular formula is C21H25N5O2. The SMILES string of the molecule is CC(C)(C)OC(=O)Nc1ccc(-c2cn(CC3CC3)c3ncnc(N)c23)cc1. The second-order valence-corrected chi connectivity index (χ2v) is 8.30. The smallest absolute Gasteiger partial charge is 0.412 e. The fraction of sp³-hybridized carbons (Fsp3) is 0.381. The van der Waals surface area contributed by atoms with E-state index in [4.69, 9.17) is 10.5 Å². The summed E-state index contributed by atoms with van der Waals surface area (Å²) in [5, 5.41) is 3.62. The van der Waals surface area contributed by atoms with Gasteiger partial charge in [-0.15, -0.1) is 0 Å². The summed E-state index contributed by atoms with van der Waals surface area (Å²) in [5.74, 6) is 1.20. The summed E-state index contributed by atoms with van der Waals surface area (Å²) in [5.41, 5.74) is 9.16. The van der Waals surface area contributed by atoms with Crippen molar-refractivity contribution in [1.29, 1.82) is 0 Å². The van der Waals surface area contributed by atoms with E-state index in [-0.39, 0.29) is 0 Å². The molecule has 7 nitrogen and oxygen atoms in total. The zero-order valence-electron chi connectivity index (χ0n) is 16.4. The van der Waals surface area contributed by atoms with E-state index in [1.807, 2.05) is 45.0 Å². The summed E-state index contributed by atoms with van der Waals surface area (Å²) in [4.78, 5) is 20.6. The van der Waals surface area contributed by atoms with Crippen LogP contribution >= 0.6 is 0 Å². The quantitative estimate of drug-likeness (QED) is 0.699. The van der Waals surface area contributed by atoms with Crippen LogP contribution in [-0.2, 0) is 11.3 Å². The Morgan fingerprint density at radius 1 is 1.25 bits per heavy atom. The number of nitrogens with zero attached hydrogens (tertiary/aromatic N) is 3. The van der Waals surface area contributed by atoms with Gasteiger partial charge in [-0.2, -0.15) is 0 Å². The number of carbonyl (C=O) groups excluding carboxylic acids is 1. The van der Waals surface area contributed by atoms with Crippen molar-refractivity contribution in [3.63, 3.8) is 0 Å². The number of anilines is 2. The van der Waals surface area contributed by atoms with Gasteiger partial charge in [0.15, 0.2) is 0 Å². The minimum Gasteiger partial charge on any atom is -0.444 e. The van der Waals surface area contributed by atoms with Gasteiger partial charge in [0.1, 0.15) is 23.4 Å². The third-order valence-corrected chi connectivity index (χ3v) is 4.68. The number of nitrogens with two attached hydrogens (primary N) is 1.